The normalized spacial score (nSPS) is 15.3. The molecule has 174 valence electrons. The molecule has 9 nitrogen and oxygen atoms in total. The number of rotatable bonds is 4. The van der Waals surface area contributed by atoms with Gasteiger partial charge in [0.05, 0.1) is 34.2 Å². The van der Waals surface area contributed by atoms with Gasteiger partial charge in [-0.2, -0.15) is 5.26 Å². The highest BCUT2D eigenvalue weighted by molar-refractivity contribution is 7.94. The first-order valence-corrected chi connectivity index (χ1v) is 11.7. The van der Waals surface area contributed by atoms with Gasteiger partial charge < -0.3 is 15.1 Å². The van der Waals surface area contributed by atoms with Crippen LogP contribution >= 0.6 is 11.6 Å². The van der Waals surface area contributed by atoms with Crippen LogP contribution in [0.3, 0.4) is 0 Å². The lowest BCUT2D eigenvalue weighted by Crippen LogP contribution is -2.33. The average molecular weight is 502 g/mol. The summed E-state index contributed by atoms with van der Waals surface area (Å²) in [6.45, 7) is 3.02. The summed E-state index contributed by atoms with van der Waals surface area (Å²) in [5.74, 6) is -2.08. The number of nitriles is 1. The highest BCUT2D eigenvalue weighted by Gasteiger charge is 2.34. The van der Waals surface area contributed by atoms with Crippen molar-refractivity contribution in [2.24, 2.45) is 5.73 Å². The van der Waals surface area contributed by atoms with Crippen LogP contribution in [0.25, 0.3) is 11.5 Å². The van der Waals surface area contributed by atoms with E-state index in [-0.39, 0.29) is 29.6 Å². The van der Waals surface area contributed by atoms with Crippen molar-refractivity contribution in [3.8, 4) is 17.5 Å². The van der Waals surface area contributed by atoms with Gasteiger partial charge >= 0.3 is 0 Å². The second-order valence-electron chi connectivity index (χ2n) is 8.08. The SMILES string of the molecule is CC(C)(C#N)c1nnc(-c2cc3c(cc2F)S(=O)(=O)C=C(N)C(=O)N3Cc2ccc(Cl)cc2)o1. The number of nitrogens with zero attached hydrogens (tertiary/aromatic N) is 4. The molecule has 1 aromatic heterocycles. The summed E-state index contributed by atoms with van der Waals surface area (Å²) in [5.41, 5.74) is 4.37. The van der Waals surface area contributed by atoms with Gasteiger partial charge in [0.1, 0.15) is 16.9 Å². The van der Waals surface area contributed by atoms with E-state index < -0.39 is 37.6 Å². The van der Waals surface area contributed by atoms with Gasteiger partial charge in [-0.05, 0) is 43.7 Å². The summed E-state index contributed by atoms with van der Waals surface area (Å²) >= 11 is 5.93. The van der Waals surface area contributed by atoms with E-state index in [2.05, 4.69) is 10.2 Å². The lowest BCUT2D eigenvalue weighted by atomic mass is 9.96. The number of hydrogen-bond donors (Lipinski definition) is 1. The molecule has 0 unspecified atom stereocenters. The van der Waals surface area contributed by atoms with Crippen molar-refractivity contribution < 1.29 is 22.0 Å². The number of benzene rings is 2. The average Bonchev–Trinajstić information content (AvgIpc) is 3.27. The van der Waals surface area contributed by atoms with Crippen molar-refractivity contribution in [3.63, 3.8) is 0 Å². The third kappa shape index (κ3) is 4.13. The Kier molecular flexibility index (Phi) is 5.67. The molecule has 1 aliphatic heterocycles. The first kappa shape index (κ1) is 23.4. The maximum atomic E-state index is 15.1. The van der Waals surface area contributed by atoms with Crippen LogP contribution in [0.5, 0.6) is 0 Å². The topological polar surface area (TPSA) is 143 Å². The minimum atomic E-state index is -4.26. The van der Waals surface area contributed by atoms with Crippen molar-refractivity contribution in [1.29, 1.82) is 5.26 Å². The van der Waals surface area contributed by atoms with Crippen LogP contribution in [0.2, 0.25) is 5.02 Å². The fourth-order valence-electron chi connectivity index (χ4n) is 3.25. The van der Waals surface area contributed by atoms with Gasteiger partial charge in [-0.3, -0.25) is 4.79 Å². The Morgan fingerprint density at radius 1 is 1.24 bits per heavy atom. The predicted molar refractivity (Wildman–Crippen MR) is 120 cm³/mol. The zero-order valence-corrected chi connectivity index (χ0v) is 19.5. The van der Waals surface area contributed by atoms with E-state index in [0.717, 1.165) is 17.0 Å². The molecule has 1 aliphatic rings. The minimum Gasteiger partial charge on any atom is -0.419 e. The standard InChI is InChI=1S/C22H17ClFN5O4S/c1-22(2,11-25)21-28-27-19(33-21)14-7-17-18(8-15(14)24)34(31,32)10-16(26)20(30)29(17)9-12-3-5-13(23)6-4-12/h3-8,10H,9,26H2,1-2H3. The second-order valence-corrected chi connectivity index (χ2v) is 10.3. The molecule has 0 atom stereocenters. The molecular formula is C22H17ClFN5O4S. The molecule has 0 fully saturated rings. The summed E-state index contributed by atoms with van der Waals surface area (Å²) < 4.78 is 46.3. The van der Waals surface area contributed by atoms with Gasteiger partial charge in [0, 0.05) is 5.02 Å². The number of carbonyl (C=O) groups is 1. The van der Waals surface area contributed by atoms with Crippen molar-refractivity contribution in [3.05, 3.63) is 69.8 Å². The smallest absolute Gasteiger partial charge is 0.275 e. The first-order chi connectivity index (χ1) is 15.9. The quantitative estimate of drug-likeness (QED) is 0.572. The number of nitrogens with two attached hydrogens (primary N) is 1. The van der Waals surface area contributed by atoms with Crippen LogP contribution in [0.15, 0.2) is 56.8 Å². The minimum absolute atomic E-state index is 0.0491. The van der Waals surface area contributed by atoms with Gasteiger partial charge in [0.2, 0.25) is 15.7 Å². The van der Waals surface area contributed by atoms with Gasteiger partial charge in [-0.15, -0.1) is 10.2 Å². The molecule has 0 saturated carbocycles. The van der Waals surface area contributed by atoms with Crippen molar-refractivity contribution >= 4 is 33.0 Å². The van der Waals surface area contributed by atoms with E-state index in [1.807, 2.05) is 6.07 Å². The molecule has 12 heteroatoms. The number of anilines is 1. The molecule has 4 rings (SSSR count). The largest absolute Gasteiger partial charge is 0.419 e. The van der Waals surface area contributed by atoms with Crippen molar-refractivity contribution in [2.75, 3.05) is 4.90 Å². The summed E-state index contributed by atoms with van der Waals surface area (Å²) in [4.78, 5) is 13.7. The highest BCUT2D eigenvalue weighted by atomic mass is 35.5. The molecule has 0 bridgehead atoms. The Morgan fingerprint density at radius 3 is 2.56 bits per heavy atom. The van der Waals surface area contributed by atoms with Crippen molar-refractivity contribution in [1.82, 2.24) is 10.2 Å². The Bertz CT molecular complexity index is 1490. The molecule has 2 heterocycles. The van der Waals surface area contributed by atoms with Crippen LogP contribution in [-0.2, 0) is 26.6 Å². The Labute approximate surface area is 199 Å². The maximum absolute atomic E-state index is 15.1. The number of aromatic nitrogens is 2. The van der Waals surface area contributed by atoms with Crippen LogP contribution in [0.4, 0.5) is 10.1 Å². The molecule has 0 aliphatic carbocycles. The second kappa shape index (κ2) is 8.23. The van der Waals surface area contributed by atoms with Crippen molar-refractivity contribution in [2.45, 2.75) is 30.7 Å². The summed E-state index contributed by atoms with van der Waals surface area (Å²) in [7, 11) is -4.26. The van der Waals surface area contributed by atoms with Gasteiger partial charge in [-0.1, -0.05) is 23.7 Å². The predicted octanol–water partition coefficient (Wildman–Crippen LogP) is 3.45. The molecular weight excluding hydrogens is 485 g/mol. The van der Waals surface area contributed by atoms with E-state index >= 15 is 4.39 Å². The van der Waals surface area contributed by atoms with Crippen LogP contribution in [-0.4, -0.2) is 24.5 Å². The van der Waals surface area contributed by atoms with E-state index in [4.69, 9.17) is 21.8 Å². The number of carbonyl (C=O) groups excluding carboxylic acids is 1. The number of fused-ring (bicyclic) bond motifs is 1. The third-order valence-corrected chi connectivity index (χ3v) is 6.90. The highest BCUT2D eigenvalue weighted by Crippen LogP contribution is 2.38. The van der Waals surface area contributed by atoms with E-state index in [0.29, 0.717) is 16.0 Å². The molecule has 2 aromatic carbocycles. The Morgan fingerprint density at radius 2 is 1.91 bits per heavy atom. The zero-order valence-electron chi connectivity index (χ0n) is 17.9. The first-order valence-electron chi connectivity index (χ1n) is 9.80. The number of hydrogen-bond acceptors (Lipinski definition) is 8. The Hall–Kier alpha value is -3.75. The molecule has 0 saturated heterocycles. The van der Waals surface area contributed by atoms with E-state index in [1.165, 1.54) is 0 Å². The number of amides is 1. The monoisotopic (exact) mass is 501 g/mol. The van der Waals surface area contributed by atoms with Crippen LogP contribution in [0, 0.1) is 17.1 Å². The molecule has 3 aromatic rings. The fourth-order valence-corrected chi connectivity index (χ4v) is 4.67. The molecule has 1 amide bonds. The molecule has 34 heavy (non-hydrogen) atoms. The summed E-state index contributed by atoms with van der Waals surface area (Å²) in [5, 5.41) is 18.0. The lowest BCUT2D eigenvalue weighted by molar-refractivity contribution is -0.115. The summed E-state index contributed by atoms with van der Waals surface area (Å²) in [6.07, 6.45) is 0. The number of sulfone groups is 1. The lowest BCUT2D eigenvalue weighted by Gasteiger charge is -2.23. The molecule has 0 spiro atoms. The maximum Gasteiger partial charge on any atom is 0.275 e. The van der Waals surface area contributed by atoms with Crippen LogP contribution in [0.1, 0.15) is 25.3 Å². The third-order valence-electron chi connectivity index (χ3n) is 5.14. The fraction of sp³-hybridized carbons (Fsp3) is 0.182. The summed E-state index contributed by atoms with van der Waals surface area (Å²) in [6, 6.07) is 10.5. The van der Waals surface area contributed by atoms with Gasteiger partial charge in [-0.25, -0.2) is 12.8 Å². The molecule has 0 radical (unpaired) electrons. The molecule has 2 N–H and O–H groups in total. The van der Waals surface area contributed by atoms with Crippen LogP contribution < -0.4 is 10.6 Å². The van der Waals surface area contributed by atoms with E-state index in [1.54, 1.807) is 38.1 Å². The number of halogens is 2. The Balaban J connectivity index is 1.90. The van der Waals surface area contributed by atoms with Gasteiger partial charge in [0.15, 0.2) is 0 Å². The zero-order chi connectivity index (χ0) is 24.8. The van der Waals surface area contributed by atoms with Gasteiger partial charge in [0.25, 0.3) is 11.8 Å². The van der Waals surface area contributed by atoms with E-state index in [9.17, 15) is 18.5 Å².